The van der Waals surface area contributed by atoms with Gasteiger partial charge in [0.05, 0.1) is 0 Å². The van der Waals surface area contributed by atoms with Gasteiger partial charge < -0.3 is 19.5 Å². The molecule has 0 bridgehead atoms. The van der Waals surface area contributed by atoms with E-state index in [0.29, 0.717) is 19.2 Å². The molecule has 6 nitrogen and oxygen atoms in total. The number of carbonyl (C=O) groups is 1. The lowest BCUT2D eigenvalue weighted by molar-refractivity contribution is -0.123. The largest absolute Gasteiger partial charge is 0.492 e. The standard InChI is InChI=1S/C27H38N2O4/c1-27(2,3)24-10-5-6-11-25(24)33-20-26(30)28-19-21-8-7-9-23(18-21)32-17-14-29(4)22-12-15-31-16-13-22/h5-11,18,22H,12-17,19-20H2,1-4H3,(H,28,30). The van der Waals surface area contributed by atoms with Crippen molar-refractivity contribution in [3.63, 3.8) is 0 Å². The lowest BCUT2D eigenvalue weighted by Crippen LogP contribution is -2.38. The van der Waals surface area contributed by atoms with Gasteiger partial charge in [-0.25, -0.2) is 0 Å². The quantitative estimate of drug-likeness (QED) is 0.584. The van der Waals surface area contributed by atoms with Gasteiger partial charge in [0.1, 0.15) is 18.1 Å². The number of ether oxygens (including phenoxy) is 3. The molecule has 6 heteroatoms. The molecule has 2 aromatic rings. The van der Waals surface area contributed by atoms with Crippen molar-refractivity contribution < 1.29 is 19.0 Å². The van der Waals surface area contributed by atoms with Gasteiger partial charge in [-0.05, 0) is 54.6 Å². The van der Waals surface area contributed by atoms with Crippen molar-refractivity contribution in [2.45, 2.75) is 51.6 Å². The van der Waals surface area contributed by atoms with E-state index in [0.717, 1.165) is 55.2 Å². The fourth-order valence-corrected chi connectivity index (χ4v) is 3.97. The molecule has 0 radical (unpaired) electrons. The first kappa shape index (κ1) is 25.1. The van der Waals surface area contributed by atoms with Gasteiger partial charge in [-0.3, -0.25) is 9.69 Å². The first-order valence-electron chi connectivity index (χ1n) is 11.8. The Labute approximate surface area is 198 Å². The lowest BCUT2D eigenvalue weighted by Gasteiger charge is -2.31. The van der Waals surface area contributed by atoms with Crippen LogP contribution in [-0.4, -0.2) is 56.9 Å². The molecule has 1 aliphatic heterocycles. The SMILES string of the molecule is CN(CCOc1cccc(CNC(=O)COc2ccccc2C(C)(C)C)c1)C1CCOCC1. The van der Waals surface area contributed by atoms with Crippen LogP contribution in [0.3, 0.4) is 0 Å². The number of benzene rings is 2. The molecule has 1 heterocycles. The smallest absolute Gasteiger partial charge is 0.258 e. The van der Waals surface area contributed by atoms with E-state index in [1.165, 1.54) is 0 Å². The molecule has 33 heavy (non-hydrogen) atoms. The normalized spacial score (nSPS) is 14.8. The summed E-state index contributed by atoms with van der Waals surface area (Å²) in [5.41, 5.74) is 2.03. The highest BCUT2D eigenvalue weighted by Crippen LogP contribution is 2.30. The Bertz CT molecular complexity index is 888. The molecule has 0 spiro atoms. The molecule has 180 valence electrons. The van der Waals surface area contributed by atoms with Gasteiger partial charge in [0.15, 0.2) is 6.61 Å². The third kappa shape index (κ3) is 8.06. The summed E-state index contributed by atoms with van der Waals surface area (Å²) in [5, 5.41) is 2.93. The zero-order valence-electron chi connectivity index (χ0n) is 20.4. The zero-order valence-corrected chi connectivity index (χ0v) is 20.4. The molecule has 0 aliphatic carbocycles. The van der Waals surface area contributed by atoms with Crippen LogP contribution < -0.4 is 14.8 Å². The number of carbonyl (C=O) groups excluding carboxylic acids is 1. The predicted molar refractivity (Wildman–Crippen MR) is 131 cm³/mol. The van der Waals surface area contributed by atoms with Gasteiger partial charge in [-0.15, -0.1) is 0 Å². The average Bonchev–Trinajstić information content (AvgIpc) is 2.82. The second kappa shape index (κ2) is 12.1. The molecule has 0 aromatic heterocycles. The van der Waals surface area contributed by atoms with E-state index in [1.54, 1.807) is 0 Å². The van der Waals surface area contributed by atoms with E-state index in [1.807, 2.05) is 48.5 Å². The monoisotopic (exact) mass is 454 g/mol. The summed E-state index contributed by atoms with van der Waals surface area (Å²) < 4.78 is 17.2. The van der Waals surface area contributed by atoms with E-state index in [-0.39, 0.29) is 17.9 Å². The number of nitrogens with one attached hydrogen (secondary N) is 1. The second-order valence-corrected chi connectivity index (χ2v) is 9.63. The third-order valence-electron chi connectivity index (χ3n) is 5.97. The Balaban J connectivity index is 1.41. The molecule has 2 aromatic carbocycles. The van der Waals surface area contributed by atoms with Crippen LogP contribution in [0.15, 0.2) is 48.5 Å². The highest BCUT2D eigenvalue weighted by molar-refractivity contribution is 5.77. The number of amides is 1. The van der Waals surface area contributed by atoms with E-state index in [9.17, 15) is 4.79 Å². The van der Waals surface area contributed by atoms with Crippen molar-refractivity contribution in [3.05, 3.63) is 59.7 Å². The Morgan fingerprint density at radius 2 is 1.85 bits per heavy atom. The van der Waals surface area contributed by atoms with Crippen LogP contribution >= 0.6 is 0 Å². The maximum atomic E-state index is 12.4. The molecule has 1 aliphatic rings. The van der Waals surface area contributed by atoms with E-state index in [4.69, 9.17) is 14.2 Å². The van der Waals surface area contributed by atoms with Gasteiger partial charge in [0, 0.05) is 32.3 Å². The van der Waals surface area contributed by atoms with Gasteiger partial charge in [-0.1, -0.05) is 51.1 Å². The van der Waals surface area contributed by atoms with Crippen LogP contribution in [0.25, 0.3) is 0 Å². The Morgan fingerprint density at radius 3 is 2.61 bits per heavy atom. The number of hydrogen-bond donors (Lipinski definition) is 1. The molecular formula is C27H38N2O4. The van der Waals surface area contributed by atoms with Crippen molar-refractivity contribution in [1.29, 1.82) is 0 Å². The summed E-state index contributed by atoms with van der Waals surface area (Å²) in [5.74, 6) is 1.42. The fourth-order valence-electron chi connectivity index (χ4n) is 3.97. The lowest BCUT2D eigenvalue weighted by atomic mass is 9.86. The summed E-state index contributed by atoms with van der Waals surface area (Å²) in [6.45, 7) is 10.0. The Morgan fingerprint density at radius 1 is 1.09 bits per heavy atom. The van der Waals surface area contributed by atoms with Gasteiger partial charge in [0.25, 0.3) is 5.91 Å². The maximum absolute atomic E-state index is 12.4. The fraction of sp³-hybridized carbons (Fsp3) is 0.519. The van der Waals surface area contributed by atoms with Crippen LogP contribution in [-0.2, 0) is 21.5 Å². The minimum Gasteiger partial charge on any atom is -0.492 e. The average molecular weight is 455 g/mol. The van der Waals surface area contributed by atoms with Crippen LogP contribution in [0.4, 0.5) is 0 Å². The molecule has 0 unspecified atom stereocenters. The van der Waals surface area contributed by atoms with E-state index >= 15 is 0 Å². The summed E-state index contributed by atoms with van der Waals surface area (Å²) in [6.07, 6.45) is 2.16. The summed E-state index contributed by atoms with van der Waals surface area (Å²) in [6, 6.07) is 16.3. The van der Waals surface area contributed by atoms with Gasteiger partial charge in [0.2, 0.25) is 0 Å². The first-order chi connectivity index (χ1) is 15.8. The van der Waals surface area contributed by atoms with Crippen molar-refractivity contribution in [2.24, 2.45) is 0 Å². The first-order valence-corrected chi connectivity index (χ1v) is 11.8. The summed E-state index contributed by atoms with van der Waals surface area (Å²) in [4.78, 5) is 14.7. The molecule has 1 fully saturated rings. The molecule has 1 saturated heterocycles. The van der Waals surface area contributed by atoms with Crippen molar-refractivity contribution in [1.82, 2.24) is 10.2 Å². The van der Waals surface area contributed by atoms with Crippen molar-refractivity contribution in [2.75, 3.05) is 40.0 Å². The highest BCUT2D eigenvalue weighted by atomic mass is 16.5. The number of rotatable bonds is 10. The van der Waals surface area contributed by atoms with Crippen molar-refractivity contribution >= 4 is 5.91 Å². The van der Waals surface area contributed by atoms with Crippen molar-refractivity contribution in [3.8, 4) is 11.5 Å². The number of para-hydroxylation sites is 1. The molecule has 0 atom stereocenters. The van der Waals surface area contributed by atoms with Gasteiger partial charge in [-0.2, -0.15) is 0 Å². The summed E-state index contributed by atoms with van der Waals surface area (Å²) >= 11 is 0. The number of hydrogen-bond acceptors (Lipinski definition) is 5. The number of likely N-dealkylation sites (N-methyl/N-ethyl adjacent to an activating group) is 1. The Kier molecular flexibility index (Phi) is 9.15. The highest BCUT2D eigenvalue weighted by Gasteiger charge is 2.19. The topological polar surface area (TPSA) is 60.0 Å². The minimum absolute atomic E-state index is 0.0121. The van der Waals surface area contributed by atoms with Crippen LogP contribution in [0, 0.1) is 0 Å². The molecular weight excluding hydrogens is 416 g/mol. The number of nitrogens with zero attached hydrogens (tertiary/aromatic N) is 1. The predicted octanol–water partition coefficient (Wildman–Crippen LogP) is 4.17. The van der Waals surface area contributed by atoms with E-state index < -0.39 is 0 Å². The van der Waals surface area contributed by atoms with E-state index in [2.05, 4.69) is 38.0 Å². The molecule has 1 N–H and O–H groups in total. The maximum Gasteiger partial charge on any atom is 0.258 e. The Hall–Kier alpha value is -2.57. The third-order valence-corrected chi connectivity index (χ3v) is 5.97. The van der Waals surface area contributed by atoms with Crippen LogP contribution in [0.1, 0.15) is 44.7 Å². The summed E-state index contributed by atoms with van der Waals surface area (Å²) in [7, 11) is 2.15. The molecule has 1 amide bonds. The van der Waals surface area contributed by atoms with Crippen LogP contribution in [0.2, 0.25) is 0 Å². The second-order valence-electron chi connectivity index (χ2n) is 9.63. The molecule has 0 saturated carbocycles. The van der Waals surface area contributed by atoms with Gasteiger partial charge >= 0.3 is 0 Å². The zero-order chi connectivity index (χ0) is 23.7. The van der Waals surface area contributed by atoms with Crippen LogP contribution in [0.5, 0.6) is 11.5 Å². The minimum atomic E-state index is -0.150. The molecule has 3 rings (SSSR count).